The number of nitrogens with zero attached hydrogens (tertiary/aromatic N) is 2. The molecule has 14 heavy (non-hydrogen) atoms. The quantitative estimate of drug-likeness (QED) is 0.850. The van der Waals surface area contributed by atoms with Crippen molar-refractivity contribution in [3.05, 3.63) is 22.7 Å². The normalized spacial score (nSPS) is 11.4. The maximum absolute atomic E-state index is 5.82. The van der Waals surface area contributed by atoms with Crippen LogP contribution in [0.4, 0.5) is 5.82 Å². The summed E-state index contributed by atoms with van der Waals surface area (Å²) in [6.07, 6.45) is 0. The van der Waals surface area contributed by atoms with Crippen molar-refractivity contribution < 1.29 is 0 Å². The van der Waals surface area contributed by atoms with E-state index in [0.29, 0.717) is 11.9 Å². The van der Waals surface area contributed by atoms with E-state index in [-0.39, 0.29) is 0 Å². The van der Waals surface area contributed by atoms with Crippen LogP contribution in [0, 0.1) is 0 Å². The second-order valence-electron chi connectivity index (χ2n) is 3.59. The van der Waals surface area contributed by atoms with E-state index in [0.717, 1.165) is 15.4 Å². The van der Waals surface area contributed by atoms with Crippen LogP contribution in [0.15, 0.2) is 22.7 Å². The van der Waals surface area contributed by atoms with Gasteiger partial charge in [-0.1, -0.05) is 15.9 Å². The number of hydrogen-bond acceptors (Lipinski definition) is 2. The van der Waals surface area contributed by atoms with Gasteiger partial charge in [-0.15, -0.1) is 0 Å². The van der Waals surface area contributed by atoms with Crippen LogP contribution in [0.3, 0.4) is 0 Å². The van der Waals surface area contributed by atoms with Crippen molar-refractivity contribution >= 4 is 32.7 Å². The van der Waals surface area contributed by atoms with E-state index >= 15 is 0 Å². The van der Waals surface area contributed by atoms with Gasteiger partial charge in [0.25, 0.3) is 0 Å². The molecular formula is C10H12BrN3. The third-order valence-corrected chi connectivity index (χ3v) is 2.68. The molecule has 0 saturated carbocycles. The minimum Gasteiger partial charge on any atom is -0.382 e. The van der Waals surface area contributed by atoms with Crippen LogP contribution < -0.4 is 5.73 Å². The summed E-state index contributed by atoms with van der Waals surface area (Å²) < 4.78 is 2.99. The first-order valence-corrected chi connectivity index (χ1v) is 5.32. The molecule has 74 valence electrons. The first-order valence-electron chi connectivity index (χ1n) is 4.53. The molecule has 0 unspecified atom stereocenters. The monoisotopic (exact) mass is 253 g/mol. The average molecular weight is 254 g/mol. The Morgan fingerprint density at radius 3 is 2.79 bits per heavy atom. The summed E-state index contributed by atoms with van der Waals surface area (Å²) in [6, 6.07) is 6.33. The molecule has 0 fully saturated rings. The lowest BCUT2D eigenvalue weighted by molar-refractivity contribution is 0.553. The molecule has 4 heteroatoms. The standard InChI is InChI=1S/C10H12BrN3/c1-6(2)14-9-5-7(11)3-4-8(9)10(12)13-14/h3-6H,1-2H3,(H2,12,13). The van der Waals surface area contributed by atoms with Crippen molar-refractivity contribution in [3.8, 4) is 0 Å². The van der Waals surface area contributed by atoms with Crippen molar-refractivity contribution in [2.24, 2.45) is 0 Å². The Labute approximate surface area is 91.0 Å². The SMILES string of the molecule is CC(C)n1nc(N)c2ccc(Br)cc21. The van der Waals surface area contributed by atoms with Gasteiger partial charge in [0.15, 0.2) is 5.82 Å². The molecule has 0 amide bonds. The molecule has 0 spiro atoms. The molecule has 2 aromatic rings. The molecule has 3 nitrogen and oxygen atoms in total. The lowest BCUT2D eigenvalue weighted by Gasteiger charge is -2.06. The Kier molecular flexibility index (Phi) is 2.23. The van der Waals surface area contributed by atoms with E-state index < -0.39 is 0 Å². The molecule has 0 aliphatic carbocycles. The summed E-state index contributed by atoms with van der Waals surface area (Å²) in [6.45, 7) is 4.18. The number of hydrogen-bond donors (Lipinski definition) is 1. The first-order chi connectivity index (χ1) is 6.59. The Morgan fingerprint density at radius 2 is 2.14 bits per heavy atom. The molecule has 0 aliphatic heterocycles. The maximum Gasteiger partial charge on any atom is 0.153 e. The Hall–Kier alpha value is -1.03. The van der Waals surface area contributed by atoms with Crippen molar-refractivity contribution in [1.82, 2.24) is 9.78 Å². The minimum atomic E-state index is 0.323. The first kappa shape index (κ1) is 9.52. The second kappa shape index (κ2) is 3.28. The summed E-state index contributed by atoms with van der Waals surface area (Å²) >= 11 is 3.44. The number of rotatable bonds is 1. The molecule has 1 aromatic heterocycles. The molecule has 2 rings (SSSR count). The second-order valence-corrected chi connectivity index (χ2v) is 4.50. The van der Waals surface area contributed by atoms with Gasteiger partial charge in [0.05, 0.1) is 5.52 Å². The third-order valence-electron chi connectivity index (χ3n) is 2.19. The van der Waals surface area contributed by atoms with E-state index in [4.69, 9.17) is 5.73 Å². The van der Waals surface area contributed by atoms with Crippen LogP contribution in [-0.4, -0.2) is 9.78 Å². The fourth-order valence-electron chi connectivity index (χ4n) is 1.53. The summed E-state index contributed by atoms with van der Waals surface area (Å²) in [7, 11) is 0. The highest BCUT2D eigenvalue weighted by Crippen LogP contribution is 2.26. The van der Waals surface area contributed by atoms with Crippen molar-refractivity contribution in [2.75, 3.05) is 5.73 Å². The van der Waals surface area contributed by atoms with Gasteiger partial charge in [-0.3, -0.25) is 4.68 Å². The van der Waals surface area contributed by atoms with E-state index in [2.05, 4.69) is 34.9 Å². The molecule has 1 aromatic carbocycles. The van der Waals surface area contributed by atoms with Crippen molar-refractivity contribution in [1.29, 1.82) is 0 Å². The summed E-state index contributed by atoms with van der Waals surface area (Å²) in [5, 5.41) is 5.32. The predicted octanol–water partition coefficient (Wildman–Crippen LogP) is 2.96. The smallest absolute Gasteiger partial charge is 0.153 e. The maximum atomic E-state index is 5.82. The third kappa shape index (κ3) is 1.39. The van der Waals surface area contributed by atoms with Crippen molar-refractivity contribution in [2.45, 2.75) is 19.9 Å². The van der Waals surface area contributed by atoms with Gasteiger partial charge in [-0.05, 0) is 32.0 Å². The van der Waals surface area contributed by atoms with Crippen LogP contribution in [0.5, 0.6) is 0 Å². The van der Waals surface area contributed by atoms with Gasteiger partial charge in [0.1, 0.15) is 0 Å². The number of nitrogen functional groups attached to an aromatic ring is 1. The number of benzene rings is 1. The Morgan fingerprint density at radius 1 is 1.43 bits per heavy atom. The lowest BCUT2D eigenvalue weighted by atomic mass is 10.2. The number of fused-ring (bicyclic) bond motifs is 1. The fraction of sp³-hybridized carbons (Fsp3) is 0.300. The van der Waals surface area contributed by atoms with Crippen molar-refractivity contribution in [3.63, 3.8) is 0 Å². The molecule has 0 atom stereocenters. The van der Waals surface area contributed by atoms with Gasteiger partial charge < -0.3 is 5.73 Å². The number of nitrogens with two attached hydrogens (primary N) is 1. The van der Waals surface area contributed by atoms with E-state index in [1.165, 1.54) is 0 Å². The molecule has 2 N–H and O–H groups in total. The van der Waals surface area contributed by atoms with Gasteiger partial charge in [-0.25, -0.2) is 0 Å². The lowest BCUT2D eigenvalue weighted by Crippen LogP contribution is -2.02. The topological polar surface area (TPSA) is 43.8 Å². The van der Waals surface area contributed by atoms with Gasteiger partial charge in [-0.2, -0.15) is 5.10 Å². The predicted molar refractivity (Wildman–Crippen MR) is 62.2 cm³/mol. The highest BCUT2D eigenvalue weighted by Gasteiger charge is 2.09. The van der Waals surface area contributed by atoms with Crippen LogP contribution in [0.1, 0.15) is 19.9 Å². The van der Waals surface area contributed by atoms with Gasteiger partial charge in [0, 0.05) is 15.9 Å². The Balaban J connectivity index is 2.79. The molecule has 0 saturated heterocycles. The molecular weight excluding hydrogens is 242 g/mol. The van der Waals surface area contributed by atoms with E-state index in [1.54, 1.807) is 0 Å². The highest BCUT2D eigenvalue weighted by molar-refractivity contribution is 9.10. The molecule has 0 bridgehead atoms. The highest BCUT2D eigenvalue weighted by atomic mass is 79.9. The zero-order valence-corrected chi connectivity index (χ0v) is 9.75. The van der Waals surface area contributed by atoms with Crippen LogP contribution in [0.2, 0.25) is 0 Å². The van der Waals surface area contributed by atoms with Gasteiger partial charge in [0.2, 0.25) is 0 Å². The average Bonchev–Trinajstić information content (AvgIpc) is 2.43. The minimum absolute atomic E-state index is 0.323. The number of halogens is 1. The van der Waals surface area contributed by atoms with E-state index in [1.807, 2.05) is 22.9 Å². The zero-order valence-electron chi connectivity index (χ0n) is 8.16. The largest absolute Gasteiger partial charge is 0.382 e. The Bertz CT molecular complexity index is 473. The fourth-order valence-corrected chi connectivity index (χ4v) is 1.88. The molecule has 1 heterocycles. The van der Waals surface area contributed by atoms with Crippen LogP contribution >= 0.6 is 15.9 Å². The summed E-state index contributed by atoms with van der Waals surface area (Å²) in [5.41, 5.74) is 6.89. The summed E-state index contributed by atoms with van der Waals surface area (Å²) in [4.78, 5) is 0. The van der Waals surface area contributed by atoms with Crippen LogP contribution in [-0.2, 0) is 0 Å². The summed E-state index contributed by atoms with van der Waals surface area (Å²) in [5.74, 6) is 0.598. The molecule has 0 aliphatic rings. The number of anilines is 1. The van der Waals surface area contributed by atoms with Gasteiger partial charge >= 0.3 is 0 Å². The van der Waals surface area contributed by atoms with Crippen LogP contribution in [0.25, 0.3) is 10.9 Å². The van der Waals surface area contributed by atoms with E-state index in [9.17, 15) is 0 Å². The zero-order chi connectivity index (χ0) is 10.3. The molecule has 0 radical (unpaired) electrons. The number of aromatic nitrogens is 2.